The van der Waals surface area contributed by atoms with Gasteiger partial charge in [-0.25, -0.2) is 4.79 Å². The molecule has 0 saturated carbocycles. The highest BCUT2D eigenvalue weighted by atomic mass is 32.1. The van der Waals surface area contributed by atoms with Gasteiger partial charge in [0.2, 0.25) is 0 Å². The van der Waals surface area contributed by atoms with E-state index in [-0.39, 0.29) is 18.6 Å². The highest BCUT2D eigenvalue weighted by Crippen LogP contribution is 2.25. The predicted octanol–water partition coefficient (Wildman–Crippen LogP) is 4.63. The Labute approximate surface area is 156 Å². The van der Waals surface area contributed by atoms with E-state index in [2.05, 4.69) is 5.32 Å². The highest BCUT2D eigenvalue weighted by Gasteiger charge is 2.16. The van der Waals surface area contributed by atoms with E-state index in [1.807, 2.05) is 62.4 Å². The number of amides is 1. The van der Waals surface area contributed by atoms with Gasteiger partial charge < -0.3 is 10.1 Å². The summed E-state index contributed by atoms with van der Waals surface area (Å²) in [5, 5.41) is 3.92. The van der Waals surface area contributed by atoms with Crippen molar-refractivity contribution in [2.75, 3.05) is 6.61 Å². The number of hydrogen-bond donors (Lipinski definition) is 1. The largest absolute Gasteiger partial charge is 0.451 e. The number of carbonyl (C=O) groups is 2. The fourth-order valence-electron chi connectivity index (χ4n) is 2.74. The Balaban J connectivity index is 1.57. The third kappa shape index (κ3) is 4.29. The van der Waals surface area contributed by atoms with Gasteiger partial charge in [-0.15, -0.1) is 11.3 Å². The number of fused-ring (bicyclic) bond motifs is 1. The molecule has 134 valence electrons. The quantitative estimate of drug-likeness (QED) is 0.646. The minimum Gasteiger partial charge on any atom is -0.451 e. The van der Waals surface area contributed by atoms with E-state index in [4.69, 9.17) is 4.74 Å². The van der Waals surface area contributed by atoms with E-state index in [0.717, 1.165) is 22.1 Å². The molecule has 0 unspecified atom stereocenters. The molecule has 0 aliphatic rings. The van der Waals surface area contributed by atoms with Gasteiger partial charge in [-0.3, -0.25) is 4.79 Å². The monoisotopic (exact) mass is 367 g/mol. The maximum Gasteiger partial charge on any atom is 0.348 e. The lowest BCUT2D eigenvalue weighted by Crippen LogP contribution is -2.32. The summed E-state index contributed by atoms with van der Waals surface area (Å²) < 4.78 is 6.20. The average Bonchev–Trinajstić information content (AvgIpc) is 3.09. The van der Waals surface area contributed by atoms with E-state index in [1.54, 1.807) is 6.07 Å². The molecule has 0 spiro atoms. The molecule has 3 rings (SSSR count). The maximum atomic E-state index is 12.2. The average molecular weight is 367 g/mol. The van der Waals surface area contributed by atoms with Crippen LogP contribution in [0.2, 0.25) is 0 Å². The molecule has 1 heterocycles. The summed E-state index contributed by atoms with van der Waals surface area (Å²) in [5.74, 6) is -0.767. The molecule has 0 aliphatic carbocycles. The van der Waals surface area contributed by atoms with Gasteiger partial charge in [0.05, 0.1) is 6.04 Å². The number of nitrogens with one attached hydrogen (secondary N) is 1. The minimum absolute atomic E-state index is 0.0915. The molecule has 0 saturated heterocycles. The molecule has 2 aromatic carbocycles. The van der Waals surface area contributed by atoms with Crippen LogP contribution in [0.1, 0.15) is 40.2 Å². The summed E-state index contributed by atoms with van der Waals surface area (Å²) in [5.41, 5.74) is 2.22. The Morgan fingerprint density at radius 3 is 2.54 bits per heavy atom. The Kier molecular flexibility index (Phi) is 5.68. The fourth-order valence-corrected chi connectivity index (χ4v) is 3.70. The lowest BCUT2D eigenvalue weighted by molar-refractivity contribution is -0.125. The first-order chi connectivity index (χ1) is 12.6. The van der Waals surface area contributed by atoms with Crippen molar-refractivity contribution in [2.45, 2.75) is 26.3 Å². The fraction of sp³-hybridized carbons (Fsp3) is 0.238. The van der Waals surface area contributed by atoms with Gasteiger partial charge in [-0.1, -0.05) is 55.0 Å². The summed E-state index contributed by atoms with van der Waals surface area (Å²) in [4.78, 5) is 24.9. The lowest BCUT2D eigenvalue weighted by Gasteiger charge is -2.17. The second-order valence-electron chi connectivity index (χ2n) is 6.16. The summed E-state index contributed by atoms with van der Waals surface area (Å²) in [6.07, 6.45) is 0.763. The van der Waals surface area contributed by atoms with Crippen LogP contribution in [0.5, 0.6) is 0 Å². The van der Waals surface area contributed by atoms with Crippen molar-refractivity contribution in [1.82, 2.24) is 5.32 Å². The van der Waals surface area contributed by atoms with Crippen molar-refractivity contribution in [3.8, 4) is 0 Å². The molecule has 0 bridgehead atoms. The molecule has 0 fully saturated rings. The van der Waals surface area contributed by atoms with Gasteiger partial charge in [0, 0.05) is 4.70 Å². The van der Waals surface area contributed by atoms with E-state index >= 15 is 0 Å². The summed E-state index contributed by atoms with van der Waals surface area (Å²) in [6.45, 7) is 3.75. The molecule has 0 radical (unpaired) electrons. The van der Waals surface area contributed by atoms with Crippen LogP contribution in [-0.4, -0.2) is 18.5 Å². The molecular weight excluding hydrogens is 346 g/mol. The normalized spacial score (nSPS) is 11.9. The van der Waals surface area contributed by atoms with Crippen LogP contribution in [0, 0.1) is 6.92 Å². The smallest absolute Gasteiger partial charge is 0.348 e. The number of ether oxygens (including phenoxy) is 1. The van der Waals surface area contributed by atoms with Gasteiger partial charge in [0.25, 0.3) is 5.91 Å². The molecule has 1 atom stereocenters. The highest BCUT2D eigenvalue weighted by molar-refractivity contribution is 7.20. The summed E-state index contributed by atoms with van der Waals surface area (Å²) in [6, 6.07) is 17.5. The second-order valence-corrected chi connectivity index (χ2v) is 7.25. The first kappa shape index (κ1) is 18.1. The number of hydrogen-bond acceptors (Lipinski definition) is 4. The molecule has 26 heavy (non-hydrogen) atoms. The van der Waals surface area contributed by atoms with E-state index in [9.17, 15) is 9.59 Å². The second kappa shape index (κ2) is 8.15. The van der Waals surface area contributed by atoms with E-state index in [1.165, 1.54) is 16.9 Å². The molecule has 5 heteroatoms. The maximum absolute atomic E-state index is 12.2. The van der Waals surface area contributed by atoms with E-state index < -0.39 is 5.97 Å². The minimum atomic E-state index is -0.468. The number of thiophene rings is 1. The molecule has 3 aromatic rings. The Bertz CT molecular complexity index is 881. The summed E-state index contributed by atoms with van der Waals surface area (Å²) in [7, 11) is 0. The number of benzene rings is 2. The molecule has 1 N–H and O–H groups in total. The SMILES string of the molecule is CC[C@@H](NC(=O)COC(=O)c1cc2ccccc2s1)c1ccc(C)cc1. The number of aryl methyl sites for hydroxylation is 1. The lowest BCUT2D eigenvalue weighted by atomic mass is 10.0. The van der Waals surface area contributed by atoms with Gasteiger partial charge in [-0.2, -0.15) is 0 Å². The zero-order valence-electron chi connectivity index (χ0n) is 14.8. The zero-order chi connectivity index (χ0) is 18.5. The van der Waals surface area contributed by atoms with Crippen molar-refractivity contribution in [2.24, 2.45) is 0 Å². The summed E-state index contributed by atoms with van der Waals surface area (Å²) >= 11 is 1.37. The molecule has 4 nitrogen and oxygen atoms in total. The number of rotatable bonds is 6. The van der Waals surface area contributed by atoms with Gasteiger partial charge >= 0.3 is 5.97 Å². The van der Waals surface area contributed by atoms with Gasteiger partial charge in [-0.05, 0) is 36.4 Å². The standard InChI is InChI=1S/C21H21NO3S/c1-3-17(15-10-8-14(2)9-11-15)22-20(23)13-25-21(24)19-12-16-6-4-5-7-18(16)26-19/h4-12,17H,3,13H2,1-2H3,(H,22,23)/t17-/m1/s1. The zero-order valence-corrected chi connectivity index (χ0v) is 15.6. The van der Waals surface area contributed by atoms with Crippen molar-refractivity contribution in [3.05, 3.63) is 70.6 Å². The van der Waals surface area contributed by atoms with Crippen molar-refractivity contribution in [1.29, 1.82) is 0 Å². The van der Waals surface area contributed by atoms with Crippen LogP contribution in [-0.2, 0) is 9.53 Å². The molecule has 0 aliphatic heterocycles. The van der Waals surface area contributed by atoms with Crippen LogP contribution >= 0.6 is 11.3 Å². The van der Waals surface area contributed by atoms with Gasteiger partial charge in [0.1, 0.15) is 4.88 Å². The molecular formula is C21H21NO3S. The van der Waals surface area contributed by atoms with Crippen LogP contribution in [0.3, 0.4) is 0 Å². The molecule has 1 amide bonds. The van der Waals surface area contributed by atoms with Crippen LogP contribution in [0.15, 0.2) is 54.6 Å². The van der Waals surface area contributed by atoms with Crippen molar-refractivity contribution in [3.63, 3.8) is 0 Å². The van der Waals surface area contributed by atoms with Crippen LogP contribution < -0.4 is 5.32 Å². The van der Waals surface area contributed by atoms with Crippen molar-refractivity contribution < 1.29 is 14.3 Å². The van der Waals surface area contributed by atoms with Crippen LogP contribution in [0.25, 0.3) is 10.1 Å². The topological polar surface area (TPSA) is 55.4 Å². The first-order valence-corrected chi connectivity index (χ1v) is 9.40. The van der Waals surface area contributed by atoms with Gasteiger partial charge in [0.15, 0.2) is 6.61 Å². The predicted molar refractivity (Wildman–Crippen MR) is 104 cm³/mol. The first-order valence-electron chi connectivity index (χ1n) is 8.58. The Morgan fingerprint density at radius 2 is 1.85 bits per heavy atom. The number of esters is 1. The van der Waals surface area contributed by atoms with E-state index in [0.29, 0.717) is 4.88 Å². The Hall–Kier alpha value is -2.66. The van der Waals surface area contributed by atoms with Crippen LogP contribution in [0.4, 0.5) is 0 Å². The Morgan fingerprint density at radius 1 is 1.12 bits per heavy atom. The van der Waals surface area contributed by atoms with Crippen molar-refractivity contribution >= 4 is 33.3 Å². The third-order valence-electron chi connectivity index (χ3n) is 4.18. The third-order valence-corrected chi connectivity index (χ3v) is 5.28. The number of carbonyl (C=O) groups excluding carboxylic acids is 2. The molecule has 1 aromatic heterocycles.